The normalized spacial score (nSPS) is 17.7. The van der Waals surface area contributed by atoms with E-state index in [0.29, 0.717) is 22.9 Å². The molecule has 6 heteroatoms. The van der Waals surface area contributed by atoms with Gasteiger partial charge in [0.1, 0.15) is 5.58 Å². The fourth-order valence-corrected chi connectivity index (χ4v) is 4.98. The fraction of sp³-hybridized carbons (Fsp3) is 0.238. The Balaban J connectivity index is 1.40. The summed E-state index contributed by atoms with van der Waals surface area (Å²) < 4.78 is 6.96. The summed E-state index contributed by atoms with van der Waals surface area (Å²) in [7, 11) is 0. The van der Waals surface area contributed by atoms with Crippen molar-refractivity contribution in [1.82, 2.24) is 9.88 Å². The van der Waals surface area contributed by atoms with Crippen LogP contribution in [-0.2, 0) is 0 Å². The number of likely N-dealkylation sites (tertiary alicyclic amines) is 1. The molecule has 2 aromatic carbocycles. The van der Waals surface area contributed by atoms with E-state index in [0.717, 1.165) is 35.3 Å². The summed E-state index contributed by atoms with van der Waals surface area (Å²) in [5.74, 6) is 0.587. The highest BCUT2D eigenvalue weighted by molar-refractivity contribution is 7.18. The van der Waals surface area contributed by atoms with Gasteiger partial charge >= 0.3 is 0 Å². The van der Waals surface area contributed by atoms with Crippen LogP contribution in [0, 0.1) is 0 Å². The Labute approximate surface area is 165 Å². The first-order chi connectivity index (χ1) is 13.2. The zero-order valence-corrected chi connectivity index (χ0v) is 16.1. The minimum Gasteiger partial charge on any atom is -0.451 e. The third-order valence-electron chi connectivity index (χ3n) is 5.06. The summed E-state index contributed by atoms with van der Waals surface area (Å²) in [6.07, 6.45) is 2.03. The Morgan fingerprint density at radius 2 is 2.11 bits per heavy atom. The number of amides is 1. The van der Waals surface area contributed by atoms with Gasteiger partial charge in [0, 0.05) is 29.4 Å². The number of benzene rings is 2. The number of piperidine rings is 1. The standard InChI is InChI=1S/C21H17ClN2O2S/c22-15-7-8-17-14(10-15)11-18(26-17)21(25)24-9-3-4-13(12-24)20-23-16-5-1-2-6-19(16)27-20/h1-2,5-8,10-11,13H,3-4,9,12H2. The van der Waals surface area contributed by atoms with E-state index >= 15 is 0 Å². The van der Waals surface area contributed by atoms with Crippen molar-refractivity contribution in [3.05, 3.63) is 64.3 Å². The fourth-order valence-electron chi connectivity index (χ4n) is 3.70. The minimum atomic E-state index is -0.0619. The third-order valence-corrected chi connectivity index (χ3v) is 6.49. The summed E-state index contributed by atoms with van der Waals surface area (Å²) in [6, 6.07) is 15.4. The molecule has 1 aliphatic rings. The molecule has 4 aromatic rings. The molecular formula is C21H17ClN2O2S. The zero-order valence-electron chi connectivity index (χ0n) is 14.5. The molecule has 0 saturated carbocycles. The van der Waals surface area contributed by atoms with Crippen LogP contribution in [0.4, 0.5) is 0 Å². The Morgan fingerprint density at radius 1 is 1.22 bits per heavy atom. The first-order valence-corrected chi connectivity index (χ1v) is 10.2. The van der Waals surface area contributed by atoms with Crippen LogP contribution in [0.2, 0.25) is 5.02 Å². The second-order valence-electron chi connectivity index (χ2n) is 6.90. The number of hydrogen-bond acceptors (Lipinski definition) is 4. The third kappa shape index (κ3) is 3.11. The van der Waals surface area contributed by atoms with Crippen LogP contribution in [0.15, 0.2) is 52.9 Å². The van der Waals surface area contributed by atoms with Crippen molar-refractivity contribution >= 4 is 50.0 Å². The molecule has 1 saturated heterocycles. The molecule has 3 heterocycles. The minimum absolute atomic E-state index is 0.0619. The molecule has 2 aromatic heterocycles. The Morgan fingerprint density at radius 3 is 3.00 bits per heavy atom. The molecular weight excluding hydrogens is 380 g/mol. The molecule has 0 spiro atoms. The maximum atomic E-state index is 13.0. The lowest BCUT2D eigenvalue weighted by atomic mass is 9.98. The Bertz CT molecular complexity index is 1120. The zero-order chi connectivity index (χ0) is 18.4. The maximum absolute atomic E-state index is 13.0. The number of thiazole rings is 1. The van der Waals surface area contributed by atoms with Gasteiger partial charge in [0.2, 0.25) is 0 Å². The van der Waals surface area contributed by atoms with Gasteiger partial charge in [0.25, 0.3) is 5.91 Å². The van der Waals surface area contributed by atoms with Crippen molar-refractivity contribution in [1.29, 1.82) is 0 Å². The van der Waals surface area contributed by atoms with E-state index < -0.39 is 0 Å². The molecule has 0 radical (unpaired) electrons. The largest absolute Gasteiger partial charge is 0.451 e. The SMILES string of the molecule is O=C(c1cc2cc(Cl)ccc2o1)N1CCCC(c2nc3ccccc3s2)C1. The van der Waals surface area contributed by atoms with Crippen LogP contribution >= 0.6 is 22.9 Å². The number of nitrogens with zero attached hydrogens (tertiary/aromatic N) is 2. The molecule has 1 unspecified atom stereocenters. The Kier molecular flexibility index (Phi) is 4.14. The van der Waals surface area contributed by atoms with E-state index in [1.165, 1.54) is 4.70 Å². The highest BCUT2D eigenvalue weighted by Crippen LogP contribution is 2.34. The van der Waals surface area contributed by atoms with Crippen LogP contribution in [0.1, 0.15) is 34.3 Å². The summed E-state index contributed by atoms with van der Waals surface area (Å²) in [6.45, 7) is 1.43. The first kappa shape index (κ1) is 16.8. The predicted molar refractivity (Wildman–Crippen MR) is 109 cm³/mol. The van der Waals surface area contributed by atoms with E-state index in [9.17, 15) is 4.79 Å². The topological polar surface area (TPSA) is 46.3 Å². The lowest BCUT2D eigenvalue weighted by Crippen LogP contribution is -2.38. The number of fused-ring (bicyclic) bond motifs is 2. The predicted octanol–water partition coefficient (Wildman–Crippen LogP) is 5.72. The van der Waals surface area contributed by atoms with Gasteiger partial charge in [-0.2, -0.15) is 0 Å². The number of carbonyl (C=O) groups is 1. The van der Waals surface area contributed by atoms with Crippen LogP contribution in [0.5, 0.6) is 0 Å². The van der Waals surface area contributed by atoms with E-state index in [2.05, 4.69) is 6.07 Å². The summed E-state index contributed by atoms with van der Waals surface area (Å²) >= 11 is 7.77. The van der Waals surface area contributed by atoms with E-state index in [-0.39, 0.29) is 11.8 Å². The van der Waals surface area contributed by atoms with Gasteiger partial charge in [-0.25, -0.2) is 4.98 Å². The molecule has 5 rings (SSSR count). The maximum Gasteiger partial charge on any atom is 0.289 e. The van der Waals surface area contributed by atoms with Gasteiger partial charge in [-0.15, -0.1) is 11.3 Å². The summed E-state index contributed by atoms with van der Waals surface area (Å²) in [4.78, 5) is 19.7. The van der Waals surface area contributed by atoms with Crippen molar-refractivity contribution in [2.45, 2.75) is 18.8 Å². The van der Waals surface area contributed by atoms with E-state index in [1.54, 1.807) is 29.5 Å². The van der Waals surface area contributed by atoms with Crippen molar-refractivity contribution in [2.75, 3.05) is 13.1 Å². The molecule has 136 valence electrons. The molecule has 1 atom stereocenters. The molecule has 4 nitrogen and oxygen atoms in total. The van der Waals surface area contributed by atoms with Crippen molar-refractivity contribution in [3.63, 3.8) is 0 Å². The van der Waals surface area contributed by atoms with Gasteiger partial charge in [-0.05, 0) is 49.2 Å². The van der Waals surface area contributed by atoms with Crippen LogP contribution in [-0.4, -0.2) is 28.9 Å². The highest BCUT2D eigenvalue weighted by atomic mass is 35.5. The average molecular weight is 397 g/mol. The summed E-state index contributed by atoms with van der Waals surface area (Å²) in [5.41, 5.74) is 1.72. The quantitative estimate of drug-likeness (QED) is 0.435. The Hall–Kier alpha value is -2.37. The molecule has 1 fully saturated rings. The van der Waals surface area contributed by atoms with Crippen LogP contribution < -0.4 is 0 Å². The number of aromatic nitrogens is 1. The molecule has 0 bridgehead atoms. The van der Waals surface area contributed by atoms with Gasteiger partial charge in [-0.3, -0.25) is 4.79 Å². The van der Waals surface area contributed by atoms with Crippen LogP contribution in [0.3, 0.4) is 0 Å². The average Bonchev–Trinajstić information content (AvgIpc) is 3.31. The number of hydrogen-bond donors (Lipinski definition) is 0. The second-order valence-corrected chi connectivity index (χ2v) is 8.40. The number of carbonyl (C=O) groups excluding carboxylic acids is 1. The number of rotatable bonds is 2. The van der Waals surface area contributed by atoms with Gasteiger partial charge in [0.05, 0.1) is 15.2 Å². The molecule has 1 aliphatic heterocycles. The monoisotopic (exact) mass is 396 g/mol. The highest BCUT2D eigenvalue weighted by Gasteiger charge is 2.29. The van der Waals surface area contributed by atoms with Crippen LogP contribution in [0.25, 0.3) is 21.2 Å². The first-order valence-electron chi connectivity index (χ1n) is 9.01. The second kappa shape index (κ2) is 6.66. The number of para-hydroxylation sites is 1. The van der Waals surface area contributed by atoms with E-state index in [1.807, 2.05) is 29.2 Å². The van der Waals surface area contributed by atoms with Gasteiger partial charge < -0.3 is 9.32 Å². The smallest absolute Gasteiger partial charge is 0.289 e. The molecule has 27 heavy (non-hydrogen) atoms. The van der Waals surface area contributed by atoms with E-state index in [4.69, 9.17) is 21.0 Å². The molecule has 1 amide bonds. The summed E-state index contributed by atoms with van der Waals surface area (Å²) in [5, 5.41) is 2.60. The number of halogens is 1. The van der Waals surface area contributed by atoms with Gasteiger partial charge in [0.15, 0.2) is 5.76 Å². The number of furan rings is 1. The lowest BCUT2D eigenvalue weighted by Gasteiger charge is -2.31. The van der Waals surface area contributed by atoms with Gasteiger partial charge in [-0.1, -0.05) is 23.7 Å². The van der Waals surface area contributed by atoms with Crippen molar-refractivity contribution < 1.29 is 9.21 Å². The molecule has 0 N–H and O–H groups in total. The molecule has 0 aliphatic carbocycles. The lowest BCUT2D eigenvalue weighted by molar-refractivity contribution is 0.0677. The van der Waals surface area contributed by atoms with Crippen molar-refractivity contribution in [2.24, 2.45) is 0 Å². The van der Waals surface area contributed by atoms with Crippen molar-refractivity contribution in [3.8, 4) is 0 Å².